The Kier molecular flexibility index (Phi) is 6.62. The molecule has 10 nitrogen and oxygen atoms in total. The van der Waals surface area contributed by atoms with Crippen LogP contribution in [0.15, 0.2) is 41.4 Å². The Morgan fingerprint density at radius 1 is 1.31 bits per heavy atom. The van der Waals surface area contributed by atoms with E-state index in [9.17, 15) is 18.5 Å². The Hall–Kier alpha value is -2.76. The lowest BCUT2D eigenvalue weighted by Crippen LogP contribution is -2.40. The first-order valence-corrected chi connectivity index (χ1v) is 10.5. The molecule has 1 aliphatic rings. The molecule has 0 aliphatic carbocycles. The molecule has 1 fully saturated rings. The van der Waals surface area contributed by atoms with Crippen molar-refractivity contribution < 1.29 is 22.8 Å². The third kappa shape index (κ3) is 4.81. The number of nitrogens with zero attached hydrogens (tertiary/aromatic N) is 3. The zero-order valence-electron chi connectivity index (χ0n) is 15.9. The second-order valence-electron chi connectivity index (χ2n) is 6.21. The van der Waals surface area contributed by atoms with E-state index in [0.717, 1.165) is 11.6 Å². The van der Waals surface area contributed by atoms with E-state index in [1.54, 1.807) is 18.3 Å². The quantitative estimate of drug-likeness (QED) is 0.506. The molecule has 29 heavy (non-hydrogen) atoms. The second-order valence-corrected chi connectivity index (χ2v) is 8.14. The maximum atomic E-state index is 12.8. The first-order chi connectivity index (χ1) is 13.9. The number of nitro benzene ring substituents is 1. The molecule has 2 heterocycles. The van der Waals surface area contributed by atoms with Crippen LogP contribution in [0.5, 0.6) is 5.88 Å². The topological polar surface area (TPSA) is 124 Å². The van der Waals surface area contributed by atoms with E-state index in [-0.39, 0.29) is 35.9 Å². The van der Waals surface area contributed by atoms with Gasteiger partial charge in [0, 0.05) is 37.5 Å². The summed E-state index contributed by atoms with van der Waals surface area (Å²) in [6.45, 7) is 3.55. The number of rotatable bonds is 8. The average molecular weight is 422 g/mol. The van der Waals surface area contributed by atoms with Gasteiger partial charge in [0.15, 0.2) is 0 Å². The molecule has 0 unspecified atom stereocenters. The van der Waals surface area contributed by atoms with Crippen LogP contribution in [0.2, 0.25) is 0 Å². The summed E-state index contributed by atoms with van der Waals surface area (Å²) in [6.07, 6.45) is 1.60. The molecule has 3 rings (SSSR count). The highest BCUT2D eigenvalue weighted by molar-refractivity contribution is 7.89. The number of sulfonamides is 1. The molecule has 1 N–H and O–H groups in total. The molecule has 1 saturated heterocycles. The largest absolute Gasteiger partial charge is 0.478 e. The van der Waals surface area contributed by atoms with E-state index in [4.69, 9.17) is 9.47 Å². The van der Waals surface area contributed by atoms with Crippen molar-refractivity contribution >= 4 is 21.4 Å². The monoisotopic (exact) mass is 422 g/mol. The van der Waals surface area contributed by atoms with E-state index in [1.807, 2.05) is 6.92 Å². The van der Waals surface area contributed by atoms with Crippen LogP contribution < -0.4 is 10.1 Å². The Bertz CT molecular complexity index is 976. The van der Waals surface area contributed by atoms with Gasteiger partial charge < -0.3 is 14.8 Å². The highest BCUT2D eigenvalue weighted by atomic mass is 32.2. The number of hydrogen-bond acceptors (Lipinski definition) is 8. The maximum absolute atomic E-state index is 12.8. The molecule has 0 spiro atoms. The molecule has 1 aromatic heterocycles. The fourth-order valence-corrected chi connectivity index (χ4v) is 4.35. The van der Waals surface area contributed by atoms with E-state index in [1.165, 1.54) is 16.4 Å². The third-order valence-electron chi connectivity index (χ3n) is 4.37. The van der Waals surface area contributed by atoms with Gasteiger partial charge in [0.05, 0.1) is 29.6 Å². The molecule has 0 atom stereocenters. The number of ether oxygens (including phenoxy) is 2. The first kappa shape index (κ1) is 21.0. The molecule has 0 bridgehead atoms. The number of aromatic nitrogens is 1. The number of nitro groups is 1. The molecule has 156 valence electrons. The van der Waals surface area contributed by atoms with Gasteiger partial charge >= 0.3 is 0 Å². The Morgan fingerprint density at radius 3 is 2.76 bits per heavy atom. The van der Waals surface area contributed by atoms with Crippen LogP contribution in [0.4, 0.5) is 11.4 Å². The molecule has 1 aromatic carbocycles. The van der Waals surface area contributed by atoms with Crippen molar-refractivity contribution in [3.63, 3.8) is 0 Å². The van der Waals surface area contributed by atoms with Gasteiger partial charge in [-0.25, -0.2) is 13.4 Å². The highest BCUT2D eigenvalue weighted by Gasteiger charge is 2.28. The number of hydrogen-bond donors (Lipinski definition) is 1. The van der Waals surface area contributed by atoms with Crippen molar-refractivity contribution in [3.8, 4) is 5.88 Å². The van der Waals surface area contributed by atoms with Gasteiger partial charge in [0.2, 0.25) is 15.9 Å². The normalized spacial score (nSPS) is 15.1. The highest BCUT2D eigenvalue weighted by Crippen LogP contribution is 2.30. The van der Waals surface area contributed by atoms with Crippen molar-refractivity contribution in [1.29, 1.82) is 0 Å². The fourth-order valence-electron chi connectivity index (χ4n) is 2.92. The summed E-state index contributed by atoms with van der Waals surface area (Å²) < 4.78 is 37.4. The van der Waals surface area contributed by atoms with Crippen molar-refractivity contribution in [2.75, 3.05) is 38.2 Å². The second kappa shape index (κ2) is 9.16. The summed E-state index contributed by atoms with van der Waals surface area (Å²) in [6, 6.07) is 7.40. The molecular formula is C18H22N4O6S. The number of benzene rings is 1. The predicted molar refractivity (Wildman–Crippen MR) is 105 cm³/mol. The van der Waals surface area contributed by atoms with Crippen molar-refractivity contribution in [2.45, 2.75) is 18.4 Å². The molecule has 0 amide bonds. The first-order valence-electron chi connectivity index (χ1n) is 9.10. The van der Waals surface area contributed by atoms with E-state index in [2.05, 4.69) is 10.3 Å². The average Bonchev–Trinajstić information content (AvgIpc) is 2.73. The summed E-state index contributed by atoms with van der Waals surface area (Å²) in [4.78, 5) is 15.0. The molecule has 0 saturated carbocycles. The Morgan fingerprint density at radius 2 is 2.07 bits per heavy atom. The number of pyridine rings is 1. The summed E-state index contributed by atoms with van der Waals surface area (Å²) >= 11 is 0. The van der Waals surface area contributed by atoms with Gasteiger partial charge in [-0.2, -0.15) is 4.31 Å². The van der Waals surface area contributed by atoms with Crippen molar-refractivity contribution in [3.05, 3.63) is 52.2 Å². The van der Waals surface area contributed by atoms with Crippen LogP contribution >= 0.6 is 0 Å². The lowest BCUT2D eigenvalue weighted by Gasteiger charge is -2.26. The summed E-state index contributed by atoms with van der Waals surface area (Å²) in [5, 5.41) is 14.5. The van der Waals surface area contributed by atoms with Gasteiger partial charge in [-0.15, -0.1) is 0 Å². The van der Waals surface area contributed by atoms with Gasteiger partial charge in [-0.3, -0.25) is 10.1 Å². The molecule has 2 aromatic rings. The number of morpholine rings is 1. The van der Waals surface area contributed by atoms with Gasteiger partial charge in [-0.05, 0) is 25.1 Å². The summed E-state index contributed by atoms with van der Waals surface area (Å²) in [7, 11) is -3.82. The minimum atomic E-state index is -3.82. The van der Waals surface area contributed by atoms with Crippen LogP contribution in [0.25, 0.3) is 0 Å². The zero-order valence-corrected chi connectivity index (χ0v) is 16.7. The smallest absolute Gasteiger partial charge is 0.293 e. The van der Waals surface area contributed by atoms with Crippen LogP contribution in [-0.2, 0) is 21.3 Å². The summed E-state index contributed by atoms with van der Waals surface area (Å²) in [5.41, 5.74) is 0.622. The van der Waals surface area contributed by atoms with Crippen LogP contribution in [-0.4, -0.2) is 55.5 Å². The summed E-state index contributed by atoms with van der Waals surface area (Å²) in [5.74, 6) is 0.441. The molecule has 0 radical (unpaired) electrons. The third-order valence-corrected chi connectivity index (χ3v) is 6.27. The van der Waals surface area contributed by atoms with Gasteiger partial charge in [0.1, 0.15) is 5.69 Å². The minimum Gasteiger partial charge on any atom is -0.478 e. The van der Waals surface area contributed by atoms with E-state index in [0.29, 0.717) is 25.7 Å². The SMILES string of the molecule is CCOc1ncccc1CNc1ccc(S(=O)(=O)N2CCOCC2)cc1[N+](=O)[O-]. The molecule has 11 heteroatoms. The lowest BCUT2D eigenvalue weighted by atomic mass is 10.2. The van der Waals surface area contributed by atoms with E-state index >= 15 is 0 Å². The Balaban J connectivity index is 1.84. The van der Waals surface area contributed by atoms with Crippen LogP contribution in [0.3, 0.4) is 0 Å². The van der Waals surface area contributed by atoms with Crippen molar-refractivity contribution in [1.82, 2.24) is 9.29 Å². The van der Waals surface area contributed by atoms with Crippen LogP contribution in [0.1, 0.15) is 12.5 Å². The predicted octanol–water partition coefficient (Wildman–Crippen LogP) is 2.02. The molecule has 1 aliphatic heterocycles. The minimum absolute atomic E-state index is 0.118. The van der Waals surface area contributed by atoms with Gasteiger partial charge in [0.25, 0.3) is 5.69 Å². The van der Waals surface area contributed by atoms with Crippen molar-refractivity contribution in [2.24, 2.45) is 0 Å². The van der Waals surface area contributed by atoms with Crippen LogP contribution in [0, 0.1) is 10.1 Å². The number of nitrogens with one attached hydrogen (secondary N) is 1. The van der Waals surface area contributed by atoms with Gasteiger partial charge in [-0.1, -0.05) is 6.07 Å². The zero-order chi connectivity index (χ0) is 20.9. The fraction of sp³-hybridized carbons (Fsp3) is 0.389. The maximum Gasteiger partial charge on any atom is 0.293 e. The number of anilines is 1. The standard InChI is InChI=1S/C18H22N4O6S/c1-2-28-18-14(4-3-7-19-18)13-20-16-6-5-15(12-17(16)22(23)24)29(25,26)21-8-10-27-11-9-21/h3-7,12,20H,2,8-11,13H2,1H3. The lowest BCUT2D eigenvalue weighted by molar-refractivity contribution is -0.384. The van der Waals surface area contributed by atoms with E-state index < -0.39 is 14.9 Å². The Labute approximate surface area is 168 Å². The molecular weight excluding hydrogens is 400 g/mol.